The average Bonchev–Trinajstić information content (AvgIpc) is 2.39. The number of rotatable bonds is 4. The van der Waals surface area contributed by atoms with E-state index in [9.17, 15) is 9.90 Å². The number of benzene rings is 1. The van der Waals surface area contributed by atoms with Gasteiger partial charge in [-0.25, -0.2) is 0 Å². The van der Waals surface area contributed by atoms with E-state index in [0.717, 1.165) is 6.04 Å². The van der Waals surface area contributed by atoms with Crippen molar-refractivity contribution in [3.63, 3.8) is 0 Å². The van der Waals surface area contributed by atoms with Gasteiger partial charge in [0, 0.05) is 0 Å². The Kier molecular flexibility index (Phi) is 7.29. The molecular weight excluding hydrogens is 226 g/mol. The van der Waals surface area contributed by atoms with Gasteiger partial charge >= 0.3 is 0 Å². The molecule has 0 bridgehead atoms. The maximum absolute atomic E-state index is 10.1. The molecule has 1 aromatic rings. The van der Waals surface area contributed by atoms with Crippen molar-refractivity contribution in [3.05, 3.63) is 35.9 Å². The van der Waals surface area contributed by atoms with Crippen LogP contribution in [0.3, 0.4) is 0 Å². The summed E-state index contributed by atoms with van der Waals surface area (Å²) in [6, 6.07) is 8.83. The maximum Gasteiger partial charge on any atom is 0.0831 e. The van der Waals surface area contributed by atoms with E-state index in [1.54, 1.807) is 18.2 Å². The van der Waals surface area contributed by atoms with Gasteiger partial charge in [-0.3, -0.25) is 0 Å². The summed E-state index contributed by atoms with van der Waals surface area (Å²) in [5.41, 5.74) is 0.220. The number of hydrogen-bond donors (Lipinski definition) is 0. The van der Waals surface area contributed by atoms with Crippen LogP contribution in [0.2, 0.25) is 0 Å². The molecule has 3 nitrogen and oxygen atoms in total. The predicted molar refractivity (Wildman–Crippen MR) is 73.2 cm³/mol. The first-order valence-electron chi connectivity index (χ1n) is 6.48. The van der Waals surface area contributed by atoms with Crippen molar-refractivity contribution in [2.24, 2.45) is 0 Å². The Hall–Kier alpha value is -1.35. The summed E-state index contributed by atoms with van der Waals surface area (Å²) in [6.45, 7) is 11.6. The van der Waals surface area contributed by atoms with Gasteiger partial charge in [0.05, 0.1) is 32.1 Å². The van der Waals surface area contributed by atoms with Gasteiger partial charge in [-0.05, 0) is 33.3 Å². The average molecular weight is 251 g/mol. The largest absolute Gasteiger partial charge is 0.545 e. The van der Waals surface area contributed by atoms with Gasteiger partial charge in [-0.1, -0.05) is 30.3 Å². The molecule has 0 aliphatic carbocycles. The molecule has 0 aromatic heterocycles. The highest BCUT2D eigenvalue weighted by molar-refractivity contribution is 5.85. The Morgan fingerprint density at radius 2 is 1.61 bits per heavy atom. The first-order chi connectivity index (χ1) is 8.37. The Bertz CT molecular complexity index is 343. The lowest BCUT2D eigenvalue weighted by atomic mass is 10.2. The van der Waals surface area contributed by atoms with Crippen molar-refractivity contribution in [1.82, 2.24) is 0 Å². The summed E-state index contributed by atoms with van der Waals surface area (Å²) >= 11 is 0. The highest BCUT2D eigenvalue weighted by Gasteiger charge is 2.19. The van der Waals surface area contributed by atoms with Crippen LogP contribution in [0.5, 0.6) is 0 Å². The van der Waals surface area contributed by atoms with Crippen molar-refractivity contribution >= 4 is 5.97 Å². The molecule has 0 heterocycles. The molecule has 18 heavy (non-hydrogen) atoms. The Balaban J connectivity index is 0.000000321. The van der Waals surface area contributed by atoms with E-state index in [-0.39, 0.29) is 5.56 Å². The molecule has 0 atom stereocenters. The van der Waals surface area contributed by atoms with Crippen molar-refractivity contribution in [2.45, 2.75) is 33.7 Å². The molecule has 0 aliphatic rings. The number of carboxylic acid groups (broad SMARTS) is 1. The van der Waals surface area contributed by atoms with Gasteiger partial charge in [0.25, 0.3) is 0 Å². The Morgan fingerprint density at radius 3 is 1.78 bits per heavy atom. The van der Waals surface area contributed by atoms with Crippen LogP contribution in [0.15, 0.2) is 30.3 Å². The zero-order valence-electron chi connectivity index (χ0n) is 12.1. The number of carbonyl (C=O) groups is 1. The van der Waals surface area contributed by atoms with Crippen LogP contribution >= 0.6 is 0 Å². The van der Waals surface area contributed by atoms with Crippen LogP contribution in [0.25, 0.3) is 0 Å². The molecule has 0 amide bonds. The lowest BCUT2D eigenvalue weighted by Gasteiger charge is -2.36. The molecule has 0 aliphatic heterocycles. The van der Waals surface area contributed by atoms with Crippen LogP contribution in [0.4, 0.5) is 0 Å². The van der Waals surface area contributed by atoms with Crippen LogP contribution < -0.4 is 5.11 Å². The monoisotopic (exact) mass is 251 g/mol. The molecule has 3 heteroatoms. The van der Waals surface area contributed by atoms with Crippen molar-refractivity contribution < 1.29 is 14.4 Å². The van der Waals surface area contributed by atoms with Gasteiger partial charge < -0.3 is 14.4 Å². The topological polar surface area (TPSA) is 40.1 Å². The molecule has 0 N–H and O–H groups in total. The number of quaternary nitrogens is 1. The molecule has 0 radical (unpaired) electrons. The predicted octanol–water partition coefficient (Wildman–Crippen LogP) is 1.93. The molecule has 0 saturated heterocycles. The third-order valence-electron chi connectivity index (χ3n) is 3.70. The Labute approximate surface area is 111 Å². The molecule has 0 spiro atoms. The molecule has 0 saturated carbocycles. The van der Waals surface area contributed by atoms with E-state index in [1.165, 1.54) is 29.7 Å². The summed E-state index contributed by atoms with van der Waals surface area (Å²) in [5.74, 6) is -1.13. The number of hydrogen-bond acceptors (Lipinski definition) is 2. The fraction of sp³-hybridized carbons (Fsp3) is 0.533. The lowest BCUT2D eigenvalue weighted by molar-refractivity contribution is -0.926. The van der Waals surface area contributed by atoms with E-state index >= 15 is 0 Å². The second-order valence-corrected chi connectivity index (χ2v) is 4.86. The summed E-state index contributed by atoms with van der Waals surface area (Å²) in [6.07, 6.45) is 0. The van der Waals surface area contributed by atoms with E-state index < -0.39 is 5.97 Å². The Morgan fingerprint density at radius 1 is 1.17 bits per heavy atom. The summed E-state index contributed by atoms with van der Waals surface area (Å²) in [7, 11) is 2.31. The smallest absolute Gasteiger partial charge is 0.0831 e. The van der Waals surface area contributed by atoms with Gasteiger partial charge in [0.1, 0.15) is 0 Å². The van der Waals surface area contributed by atoms with E-state index in [4.69, 9.17) is 0 Å². The van der Waals surface area contributed by atoms with Gasteiger partial charge in [-0.15, -0.1) is 0 Å². The zero-order valence-corrected chi connectivity index (χ0v) is 12.1. The number of carboxylic acids is 1. The minimum atomic E-state index is -1.13. The highest BCUT2D eigenvalue weighted by atomic mass is 16.4. The molecule has 102 valence electrons. The van der Waals surface area contributed by atoms with Crippen LogP contribution in [-0.4, -0.2) is 36.6 Å². The second kappa shape index (κ2) is 7.88. The normalized spacial score (nSPS) is 10.8. The van der Waals surface area contributed by atoms with Gasteiger partial charge in [-0.2, -0.15) is 0 Å². The first kappa shape index (κ1) is 16.6. The minimum Gasteiger partial charge on any atom is -0.545 e. The highest BCUT2D eigenvalue weighted by Crippen LogP contribution is 2.07. The number of nitrogens with zero attached hydrogens (tertiary/aromatic N) is 1. The van der Waals surface area contributed by atoms with E-state index in [1.807, 2.05) is 0 Å². The maximum atomic E-state index is 10.1. The van der Waals surface area contributed by atoms with Crippen LogP contribution in [0, 0.1) is 0 Å². The van der Waals surface area contributed by atoms with E-state index in [0.29, 0.717) is 0 Å². The molecule has 0 fully saturated rings. The second-order valence-electron chi connectivity index (χ2n) is 4.86. The van der Waals surface area contributed by atoms with Gasteiger partial charge in [0.15, 0.2) is 0 Å². The number of aromatic carboxylic acids is 1. The van der Waals surface area contributed by atoms with Gasteiger partial charge in [0.2, 0.25) is 0 Å². The van der Waals surface area contributed by atoms with Crippen LogP contribution in [-0.2, 0) is 0 Å². The SMILES string of the molecule is CC[N+](C)(CC)C(C)C.O=C([O-])c1ccccc1. The summed E-state index contributed by atoms with van der Waals surface area (Å²) < 4.78 is 1.19. The molecule has 1 rings (SSSR count). The quantitative estimate of drug-likeness (QED) is 0.767. The summed E-state index contributed by atoms with van der Waals surface area (Å²) in [4.78, 5) is 10.1. The third-order valence-corrected chi connectivity index (χ3v) is 3.70. The lowest BCUT2D eigenvalue weighted by Crippen LogP contribution is -2.49. The standard InChI is InChI=1S/C8H20N.C7H6O2/c1-6-9(5,7-2)8(3)4;8-7(9)6-4-2-1-3-5-6/h8H,6-7H2,1-5H3;1-5H,(H,8,9)/q+1;/p-1. The van der Waals surface area contributed by atoms with Crippen LogP contribution in [0.1, 0.15) is 38.1 Å². The van der Waals surface area contributed by atoms with E-state index in [2.05, 4.69) is 34.7 Å². The fourth-order valence-electron chi connectivity index (χ4n) is 1.53. The van der Waals surface area contributed by atoms with Crippen molar-refractivity contribution in [1.29, 1.82) is 0 Å². The zero-order chi connectivity index (χ0) is 14.2. The molecular formula is C15H25NO2. The van der Waals surface area contributed by atoms with Crippen molar-refractivity contribution in [3.8, 4) is 0 Å². The van der Waals surface area contributed by atoms with Crippen molar-refractivity contribution in [2.75, 3.05) is 20.1 Å². The molecule has 1 aromatic carbocycles. The third kappa shape index (κ3) is 5.32. The first-order valence-corrected chi connectivity index (χ1v) is 6.48. The minimum absolute atomic E-state index is 0.220. The molecule has 0 unspecified atom stereocenters. The fourth-order valence-corrected chi connectivity index (χ4v) is 1.53. The number of carbonyl (C=O) groups excluding carboxylic acids is 1. The summed E-state index contributed by atoms with van der Waals surface area (Å²) in [5, 5.41) is 10.1.